The van der Waals surface area contributed by atoms with Crippen LogP contribution in [0.4, 0.5) is 10.1 Å². The summed E-state index contributed by atoms with van der Waals surface area (Å²) in [5.74, 6) is -0.355. The number of hydrogen-bond acceptors (Lipinski definition) is 5. The molecule has 34 heavy (non-hydrogen) atoms. The molecule has 0 unspecified atom stereocenters. The Kier molecular flexibility index (Phi) is 8.14. The lowest BCUT2D eigenvalue weighted by Crippen LogP contribution is -2.33. The highest BCUT2D eigenvalue weighted by molar-refractivity contribution is 7.89. The molecule has 0 atom stereocenters. The summed E-state index contributed by atoms with van der Waals surface area (Å²) in [5.41, 5.74) is 2.34. The zero-order valence-electron chi connectivity index (χ0n) is 18.8. The fraction of sp³-hybridized carbons (Fsp3) is 0.208. The molecule has 3 aromatic rings. The maximum atomic E-state index is 14.3. The number of aryl methyl sites for hydroxylation is 1. The Morgan fingerprint density at radius 2 is 1.71 bits per heavy atom. The van der Waals surface area contributed by atoms with Crippen LogP contribution in [0.2, 0.25) is 5.02 Å². The van der Waals surface area contributed by atoms with Crippen molar-refractivity contribution >= 4 is 33.2 Å². The first-order valence-electron chi connectivity index (χ1n) is 10.2. The minimum atomic E-state index is -4.00. The lowest BCUT2D eigenvalue weighted by molar-refractivity contribution is -0.115. The summed E-state index contributed by atoms with van der Waals surface area (Å²) in [5, 5.41) is 3.09. The number of methoxy groups -OCH3 is 2. The molecular weight excluding hydrogens is 483 g/mol. The Morgan fingerprint density at radius 3 is 2.41 bits per heavy atom. The maximum absolute atomic E-state index is 14.3. The van der Waals surface area contributed by atoms with Crippen LogP contribution in [0, 0.1) is 12.7 Å². The first kappa shape index (κ1) is 25.5. The van der Waals surface area contributed by atoms with E-state index in [1.165, 1.54) is 38.5 Å². The van der Waals surface area contributed by atoms with Crippen molar-refractivity contribution in [1.82, 2.24) is 4.72 Å². The van der Waals surface area contributed by atoms with Crippen molar-refractivity contribution in [3.8, 4) is 11.5 Å². The van der Waals surface area contributed by atoms with Crippen LogP contribution in [0.25, 0.3) is 0 Å². The molecule has 0 aliphatic heterocycles. The second kappa shape index (κ2) is 10.9. The normalized spacial score (nSPS) is 11.2. The molecule has 0 radical (unpaired) electrons. The molecule has 0 saturated heterocycles. The van der Waals surface area contributed by atoms with Gasteiger partial charge in [-0.2, -0.15) is 0 Å². The molecule has 0 aliphatic rings. The van der Waals surface area contributed by atoms with Crippen LogP contribution in [0.1, 0.15) is 16.7 Å². The van der Waals surface area contributed by atoms with E-state index in [1.807, 2.05) is 6.92 Å². The van der Waals surface area contributed by atoms with Gasteiger partial charge in [0.15, 0.2) is 11.5 Å². The molecule has 0 bridgehead atoms. The molecule has 0 fully saturated rings. The molecule has 180 valence electrons. The van der Waals surface area contributed by atoms with Crippen LogP contribution in [-0.2, 0) is 21.2 Å². The van der Waals surface area contributed by atoms with E-state index in [0.29, 0.717) is 27.6 Å². The van der Waals surface area contributed by atoms with Gasteiger partial charge in [0.1, 0.15) is 5.82 Å². The number of anilines is 1. The van der Waals surface area contributed by atoms with Gasteiger partial charge < -0.3 is 14.8 Å². The van der Waals surface area contributed by atoms with Crippen molar-refractivity contribution < 1.29 is 27.1 Å². The third kappa shape index (κ3) is 6.25. The third-order valence-corrected chi connectivity index (χ3v) is 6.65. The van der Waals surface area contributed by atoms with Crippen LogP contribution in [-0.4, -0.2) is 35.1 Å². The van der Waals surface area contributed by atoms with Crippen molar-refractivity contribution in [2.24, 2.45) is 0 Å². The van der Waals surface area contributed by atoms with Gasteiger partial charge in [-0.25, -0.2) is 17.5 Å². The largest absolute Gasteiger partial charge is 0.493 e. The summed E-state index contributed by atoms with van der Waals surface area (Å²) in [6.07, 6.45) is 0.195. The first-order chi connectivity index (χ1) is 16.1. The van der Waals surface area contributed by atoms with Gasteiger partial charge in [0.25, 0.3) is 0 Å². The van der Waals surface area contributed by atoms with E-state index in [-0.39, 0.29) is 22.9 Å². The number of rotatable bonds is 9. The van der Waals surface area contributed by atoms with E-state index in [1.54, 1.807) is 30.3 Å². The van der Waals surface area contributed by atoms with Crippen LogP contribution in [0.5, 0.6) is 11.5 Å². The highest BCUT2D eigenvalue weighted by atomic mass is 35.5. The standard InChI is InChI=1S/C24H24ClFN2O5S/c1-15-4-7-20(26)16(10-15)11-17-12-18(25)5-8-21(17)28-24(29)14-27-34(30,31)19-6-9-22(32-2)23(13-19)33-3/h4-10,12-13,27H,11,14H2,1-3H3,(H,28,29). The number of carbonyl (C=O) groups excluding carboxylic acids is 1. The molecular formula is C24H24ClFN2O5S. The van der Waals surface area contributed by atoms with Crippen LogP contribution in [0.3, 0.4) is 0 Å². The number of hydrogen-bond donors (Lipinski definition) is 2. The molecule has 0 saturated carbocycles. The summed E-state index contributed by atoms with van der Waals surface area (Å²) < 4.78 is 52.0. The van der Waals surface area contributed by atoms with E-state index >= 15 is 0 Å². The zero-order chi connectivity index (χ0) is 24.9. The number of ether oxygens (including phenoxy) is 2. The van der Waals surface area contributed by atoms with E-state index in [4.69, 9.17) is 21.1 Å². The van der Waals surface area contributed by atoms with Gasteiger partial charge in [0.05, 0.1) is 25.7 Å². The van der Waals surface area contributed by atoms with E-state index in [9.17, 15) is 17.6 Å². The van der Waals surface area contributed by atoms with Gasteiger partial charge in [-0.1, -0.05) is 29.3 Å². The van der Waals surface area contributed by atoms with Gasteiger partial charge in [-0.05, 0) is 54.4 Å². The van der Waals surface area contributed by atoms with Crippen LogP contribution in [0.15, 0.2) is 59.5 Å². The highest BCUT2D eigenvalue weighted by Crippen LogP contribution is 2.29. The Balaban J connectivity index is 1.73. The zero-order valence-corrected chi connectivity index (χ0v) is 20.4. The minimum absolute atomic E-state index is 0.0833. The number of nitrogens with one attached hydrogen (secondary N) is 2. The molecule has 0 spiro atoms. The molecule has 0 aromatic heterocycles. The predicted octanol–water partition coefficient (Wildman–Crippen LogP) is 4.31. The van der Waals surface area contributed by atoms with E-state index in [0.717, 1.165) is 5.56 Å². The molecule has 3 rings (SSSR count). The van der Waals surface area contributed by atoms with Crippen molar-refractivity contribution in [2.75, 3.05) is 26.1 Å². The number of amides is 1. The lowest BCUT2D eigenvalue weighted by atomic mass is 10.0. The van der Waals surface area contributed by atoms with Gasteiger partial charge >= 0.3 is 0 Å². The Labute approximate surface area is 202 Å². The molecule has 0 heterocycles. The van der Waals surface area contributed by atoms with Crippen molar-refractivity contribution in [3.63, 3.8) is 0 Å². The monoisotopic (exact) mass is 506 g/mol. The average molecular weight is 507 g/mol. The minimum Gasteiger partial charge on any atom is -0.493 e. The lowest BCUT2D eigenvalue weighted by Gasteiger charge is -2.14. The summed E-state index contributed by atoms with van der Waals surface area (Å²) >= 11 is 6.11. The SMILES string of the molecule is COc1ccc(S(=O)(=O)NCC(=O)Nc2ccc(Cl)cc2Cc2cc(C)ccc2F)cc1OC. The van der Waals surface area contributed by atoms with Gasteiger partial charge in [-0.15, -0.1) is 0 Å². The summed E-state index contributed by atoms with van der Waals surface area (Å²) in [4.78, 5) is 12.5. The molecule has 3 aromatic carbocycles. The smallest absolute Gasteiger partial charge is 0.241 e. The molecule has 2 N–H and O–H groups in total. The van der Waals surface area contributed by atoms with E-state index < -0.39 is 22.5 Å². The number of sulfonamides is 1. The van der Waals surface area contributed by atoms with Gasteiger partial charge in [-0.3, -0.25) is 4.79 Å². The molecule has 10 heteroatoms. The molecule has 7 nitrogen and oxygen atoms in total. The van der Waals surface area contributed by atoms with Gasteiger partial charge in [0.2, 0.25) is 15.9 Å². The highest BCUT2D eigenvalue weighted by Gasteiger charge is 2.19. The van der Waals surface area contributed by atoms with Crippen molar-refractivity contribution in [2.45, 2.75) is 18.2 Å². The fourth-order valence-electron chi connectivity index (χ4n) is 3.30. The Morgan fingerprint density at radius 1 is 0.971 bits per heavy atom. The number of carbonyl (C=O) groups is 1. The molecule has 1 amide bonds. The van der Waals surface area contributed by atoms with Gasteiger partial charge in [0, 0.05) is 23.2 Å². The van der Waals surface area contributed by atoms with E-state index in [2.05, 4.69) is 10.0 Å². The van der Waals surface area contributed by atoms with Crippen LogP contribution >= 0.6 is 11.6 Å². The van der Waals surface area contributed by atoms with Crippen LogP contribution < -0.4 is 19.5 Å². The van der Waals surface area contributed by atoms with Crippen molar-refractivity contribution in [1.29, 1.82) is 0 Å². The van der Waals surface area contributed by atoms with Crippen molar-refractivity contribution in [3.05, 3.63) is 82.1 Å². The second-order valence-electron chi connectivity index (χ2n) is 7.46. The number of benzene rings is 3. The third-order valence-electron chi connectivity index (χ3n) is 5.01. The Bertz CT molecular complexity index is 1310. The topological polar surface area (TPSA) is 93.7 Å². The first-order valence-corrected chi connectivity index (χ1v) is 12.0. The second-order valence-corrected chi connectivity index (χ2v) is 9.67. The fourth-order valence-corrected chi connectivity index (χ4v) is 4.49. The predicted molar refractivity (Wildman–Crippen MR) is 129 cm³/mol. The average Bonchev–Trinajstić information content (AvgIpc) is 2.81. The summed E-state index contributed by atoms with van der Waals surface area (Å²) in [7, 11) is -1.17. The quantitative estimate of drug-likeness (QED) is 0.451. The summed E-state index contributed by atoms with van der Waals surface area (Å²) in [6, 6.07) is 13.7. The molecule has 0 aliphatic carbocycles. The number of halogens is 2. The maximum Gasteiger partial charge on any atom is 0.241 e. The summed E-state index contributed by atoms with van der Waals surface area (Å²) in [6.45, 7) is 1.34. The Hall–Kier alpha value is -3.14.